The van der Waals surface area contributed by atoms with E-state index in [0.717, 1.165) is 4.47 Å². The molecule has 0 radical (unpaired) electrons. The van der Waals surface area contributed by atoms with Crippen LogP contribution in [0.15, 0.2) is 27.7 Å². The van der Waals surface area contributed by atoms with Gasteiger partial charge in [-0.1, -0.05) is 15.9 Å². The molecule has 0 aliphatic heterocycles. The largest absolute Gasteiger partial charge is 0.434 e. The molecular formula is C14H20BrF2N3O. The van der Waals surface area contributed by atoms with Gasteiger partial charge in [-0.05, 0) is 39.0 Å². The fourth-order valence-corrected chi connectivity index (χ4v) is 2.02. The number of rotatable bonds is 4. The molecule has 0 spiro atoms. The van der Waals surface area contributed by atoms with Gasteiger partial charge in [0, 0.05) is 29.2 Å². The maximum absolute atomic E-state index is 12.4. The van der Waals surface area contributed by atoms with Crippen LogP contribution in [0.4, 0.5) is 8.78 Å². The predicted molar refractivity (Wildman–Crippen MR) is 83.9 cm³/mol. The van der Waals surface area contributed by atoms with Gasteiger partial charge in [0.25, 0.3) is 0 Å². The second-order valence-corrected chi connectivity index (χ2v) is 6.35. The van der Waals surface area contributed by atoms with Crippen molar-refractivity contribution < 1.29 is 13.5 Å². The van der Waals surface area contributed by atoms with E-state index in [4.69, 9.17) is 0 Å². The molecule has 0 bridgehead atoms. The Morgan fingerprint density at radius 1 is 1.38 bits per heavy atom. The van der Waals surface area contributed by atoms with Crippen molar-refractivity contribution in [1.29, 1.82) is 0 Å². The number of aliphatic imine (C=N–C) groups is 1. The Hall–Kier alpha value is -1.37. The Kier molecular flexibility index (Phi) is 6.39. The van der Waals surface area contributed by atoms with Gasteiger partial charge in [-0.3, -0.25) is 4.99 Å². The van der Waals surface area contributed by atoms with Gasteiger partial charge in [-0.2, -0.15) is 8.78 Å². The summed E-state index contributed by atoms with van der Waals surface area (Å²) in [4.78, 5) is 4.10. The zero-order valence-electron chi connectivity index (χ0n) is 12.5. The average Bonchev–Trinajstić information content (AvgIpc) is 2.35. The molecule has 0 aliphatic carbocycles. The smallest absolute Gasteiger partial charge is 0.387 e. The van der Waals surface area contributed by atoms with E-state index in [0.29, 0.717) is 18.1 Å². The lowest BCUT2D eigenvalue weighted by Crippen LogP contribution is -2.47. The zero-order chi connectivity index (χ0) is 16.0. The molecule has 0 saturated heterocycles. The van der Waals surface area contributed by atoms with Crippen molar-refractivity contribution in [3.05, 3.63) is 28.2 Å². The number of nitrogens with one attached hydrogen (secondary N) is 2. The Labute approximate surface area is 132 Å². The second kappa shape index (κ2) is 7.59. The molecule has 4 nitrogen and oxygen atoms in total. The third-order valence-corrected chi connectivity index (χ3v) is 2.90. The standard InChI is InChI=1S/C14H20BrF2N3O/c1-14(2,3)20-13(18-4)19-8-9-7-10(15)5-6-11(9)21-12(16)17/h5-7,12H,8H2,1-4H3,(H2,18,19,20). The maximum Gasteiger partial charge on any atom is 0.387 e. The fourth-order valence-electron chi connectivity index (χ4n) is 1.61. The lowest BCUT2D eigenvalue weighted by Gasteiger charge is -2.24. The van der Waals surface area contributed by atoms with Crippen LogP contribution in [-0.2, 0) is 6.54 Å². The molecule has 0 aromatic heterocycles. The van der Waals surface area contributed by atoms with Gasteiger partial charge in [-0.15, -0.1) is 0 Å². The Morgan fingerprint density at radius 2 is 2.05 bits per heavy atom. The molecule has 21 heavy (non-hydrogen) atoms. The summed E-state index contributed by atoms with van der Waals surface area (Å²) in [6.45, 7) is 3.48. The number of guanidine groups is 1. The first-order valence-corrected chi connectivity index (χ1v) is 7.22. The molecule has 0 heterocycles. The average molecular weight is 364 g/mol. The topological polar surface area (TPSA) is 45.7 Å². The minimum absolute atomic E-state index is 0.145. The van der Waals surface area contributed by atoms with E-state index in [1.54, 1.807) is 19.2 Å². The summed E-state index contributed by atoms with van der Waals surface area (Å²) in [6.07, 6.45) is 0. The summed E-state index contributed by atoms with van der Waals surface area (Å²) in [5.74, 6) is 0.734. The summed E-state index contributed by atoms with van der Waals surface area (Å²) >= 11 is 3.32. The number of benzene rings is 1. The normalized spacial score (nSPS) is 12.5. The number of nitrogens with zero attached hydrogens (tertiary/aromatic N) is 1. The van der Waals surface area contributed by atoms with E-state index in [-0.39, 0.29) is 11.3 Å². The van der Waals surface area contributed by atoms with Crippen LogP contribution in [0.3, 0.4) is 0 Å². The van der Waals surface area contributed by atoms with Crippen LogP contribution in [0.5, 0.6) is 5.75 Å². The first-order chi connectivity index (χ1) is 9.71. The van der Waals surface area contributed by atoms with Gasteiger partial charge >= 0.3 is 6.61 Å². The molecule has 2 N–H and O–H groups in total. The van der Waals surface area contributed by atoms with Crippen LogP contribution in [0.1, 0.15) is 26.3 Å². The first kappa shape index (κ1) is 17.7. The van der Waals surface area contributed by atoms with Crippen molar-refractivity contribution in [3.8, 4) is 5.75 Å². The van der Waals surface area contributed by atoms with Crippen molar-refractivity contribution >= 4 is 21.9 Å². The second-order valence-electron chi connectivity index (χ2n) is 5.43. The van der Waals surface area contributed by atoms with E-state index in [2.05, 4.69) is 36.3 Å². The van der Waals surface area contributed by atoms with E-state index in [9.17, 15) is 8.78 Å². The third-order valence-electron chi connectivity index (χ3n) is 2.40. The van der Waals surface area contributed by atoms with Crippen LogP contribution in [0.25, 0.3) is 0 Å². The molecule has 7 heteroatoms. The monoisotopic (exact) mass is 363 g/mol. The van der Waals surface area contributed by atoms with Gasteiger partial charge in [0.2, 0.25) is 0 Å². The highest BCUT2D eigenvalue weighted by Gasteiger charge is 2.14. The first-order valence-electron chi connectivity index (χ1n) is 6.43. The Balaban J connectivity index is 2.80. The highest BCUT2D eigenvalue weighted by atomic mass is 79.9. The summed E-state index contributed by atoms with van der Waals surface area (Å²) in [5.41, 5.74) is 0.461. The van der Waals surface area contributed by atoms with Crippen LogP contribution >= 0.6 is 15.9 Å². The Morgan fingerprint density at radius 3 is 2.57 bits per heavy atom. The highest BCUT2D eigenvalue weighted by Crippen LogP contribution is 2.24. The third kappa shape index (κ3) is 6.75. The highest BCUT2D eigenvalue weighted by molar-refractivity contribution is 9.10. The van der Waals surface area contributed by atoms with Gasteiger partial charge in [-0.25, -0.2) is 0 Å². The predicted octanol–water partition coefficient (Wildman–Crippen LogP) is 3.51. The maximum atomic E-state index is 12.4. The van der Waals surface area contributed by atoms with Gasteiger partial charge in [0.1, 0.15) is 5.75 Å². The van der Waals surface area contributed by atoms with Gasteiger partial charge in [0.05, 0.1) is 0 Å². The lowest BCUT2D eigenvalue weighted by molar-refractivity contribution is -0.0504. The van der Waals surface area contributed by atoms with Crippen molar-refractivity contribution in [2.24, 2.45) is 4.99 Å². The van der Waals surface area contributed by atoms with E-state index < -0.39 is 6.61 Å². The SMILES string of the molecule is CN=C(NCc1cc(Br)ccc1OC(F)F)NC(C)(C)C. The number of hydrogen-bond acceptors (Lipinski definition) is 2. The molecule has 0 fully saturated rings. The molecule has 118 valence electrons. The van der Waals surface area contributed by atoms with Crippen LogP contribution in [0.2, 0.25) is 0 Å². The minimum Gasteiger partial charge on any atom is -0.434 e. The molecule has 0 saturated carbocycles. The van der Waals surface area contributed by atoms with E-state index in [1.165, 1.54) is 6.07 Å². The minimum atomic E-state index is -2.85. The lowest BCUT2D eigenvalue weighted by atomic mass is 10.1. The van der Waals surface area contributed by atoms with Crippen molar-refractivity contribution in [1.82, 2.24) is 10.6 Å². The molecule has 1 aromatic carbocycles. The Bertz CT molecular complexity index is 501. The molecule has 0 unspecified atom stereocenters. The number of alkyl halides is 2. The van der Waals surface area contributed by atoms with Crippen LogP contribution in [0, 0.1) is 0 Å². The summed E-state index contributed by atoms with van der Waals surface area (Å²) in [5, 5.41) is 6.27. The number of ether oxygens (including phenoxy) is 1. The molecular weight excluding hydrogens is 344 g/mol. The van der Waals surface area contributed by atoms with Crippen molar-refractivity contribution in [3.63, 3.8) is 0 Å². The van der Waals surface area contributed by atoms with E-state index in [1.807, 2.05) is 20.8 Å². The quantitative estimate of drug-likeness (QED) is 0.635. The summed E-state index contributed by atoms with van der Waals surface area (Å²) in [6, 6.07) is 4.89. The van der Waals surface area contributed by atoms with Crippen LogP contribution in [-0.4, -0.2) is 25.2 Å². The molecule has 1 rings (SSSR count). The molecule has 0 amide bonds. The molecule has 1 aromatic rings. The molecule has 0 atom stereocenters. The van der Waals surface area contributed by atoms with Crippen LogP contribution < -0.4 is 15.4 Å². The van der Waals surface area contributed by atoms with E-state index >= 15 is 0 Å². The number of halogens is 3. The van der Waals surface area contributed by atoms with Gasteiger partial charge in [0.15, 0.2) is 5.96 Å². The van der Waals surface area contributed by atoms with Crippen molar-refractivity contribution in [2.45, 2.75) is 39.5 Å². The number of hydrogen-bond donors (Lipinski definition) is 2. The summed E-state index contributed by atoms with van der Waals surface area (Å²) in [7, 11) is 1.65. The fraction of sp³-hybridized carbons (Fsp3) is 0.500. The molecule has 0 aliphatic rings. The summed E-state index contributed by atoms with van der Waals surface area (Å²) < 4.78 is 30.1. The van der Waals surface area contributed by atoms with Crippen molar-refractivity contribution in [2.75, 3.05) is 7.05 Å². The zero-order valence-corrected chi connectivity index (χ0v) is 14.1. The van der Waals surface area contributed by atoms with Gasteiger partial charge < -0.3 is 15.4 Å².